The molecule has 2 aliphatic carbocycles. The van der Waals surface area contributed by atoms with E-state index in [1.165, 1.54) is 10.9 Å². The molecule has 2 saturated carbocycles. The van der Waals surface area contributed by atoms with Gasteiger partial charge in [0.2, 0.25) is 5.89 Å². The fourth-order valence-corrected chi connectivity index (χ4v) is 4.60. The number of aromatic nitrogens is 6. The van der Waals surface area contributed by atoms with Gasteiger partial charge in [-0.15, -0.1) is 0 Å². The van der Waals surface area contributed by atoms with Gasteiger partial charge in [-0.2, -0.15) is 4.98 Å². The molecule has 10 heteroatoms. The van der Waals surface area contributed by atoms with Crippen molar-refractivity contribution < 1.29 is 9.63 Å². The average Bonchev–Trinajstić information content (AvgIpc) is 3.43. The van der Waals surface area contributed by atoms with Crippen LogP contribution in [0.5, 0.6) is 5.75 Å². The Bertz CT molecular complexity index is 1360. The van der Waals surface area contributed by atoms with E-state index in [1.807, 2.05) is 12.1 Å². The van der Waals surface area contributed by atoms with Gasteiger partial charge in [0, 0.05) is 18.4 Å². The van der Waals surface area contributed by atoms with E-state index in [0.717, 1.165) is 12.0 Å². The van der Waals surface area contributed by atoms with Crippen molar-refractivity contribution in [3.8, 4) is 5.75 Å². The van der Waals surface area contributed by atoms with Crippen LogP contribution in [0.3, 0.4) is 0 Å². The molecule has 3 atom stereocenters. The van der Waals surface area contributed by atoms with E-state index in [1.54, 1.807) is 24.0 Å². The monoisotopic (exact) mass is 410 g/mol. The molecule has 2 aliphatic rings. The van der Waals surface area contributed by atoms with Crippen LogP contribution in [-0.4, -0.2) is 34.3 Å². The molecule has 1 aromatic carbocycles. The smallest absolute Gasteiger partial charge is 0.280 e. The van der Waals surface area contributed by atoms with Gasteiger partial charge in [-0.3, -0.25) is 9.36 Å². The maximum atomic E-state index is 12.7. The molecule has 0 bridgehead atoms. The molecule has 0 radical (unpaired) electrons. The molecule has 1 N–H and O–H groups in total. The second-order valence-corrected chi connectivity index (χ2v) is 8.13. The maximum Gasteiger partial charge on any atom is 0.280 e. The summed E-state index contributed by atoms with van der Waals surface area (Å²) in [6.07, 6.45) is 3.94. The first-order chi connectivity index (χ1) is 14.0. The number of nitrogens with zero attached hydrogens (tertiary/aromatic N) is 6. The van der Waals surface area contributed by atoms with Gasteiger partial charge in [0.25, 0.3) is 5.56 Å². The first-order valence-corrected chi connectivity index (χ1v) is 9.55. The second kappa shape index (κ2) is 5.44. The van der Waals surface area contributed by atoms with Gasteiger partial charge < -0.3 is 14.2 Å². The van der Waals surface area contributed by atoms with E-state index >= 15 is 0 Å². The number of benzene rings is 1. The number of imidazole rings is 1. The lowest BCUT2D eigenvalue weighted by Gasteiger charge is -2.11. The van der Waals surface area contributed by atoms with E-state index in [9.17, 15) is 9.90 Å². The highest BCUT2D eigenvalue weighted by Crippen LogP contribution is 2.84. The van der Waals surface area contributed by atoms with Crippen molar-refractivity contribution in [3.63, 3.8) is 0 Å². The van der Waals surface area contributed by atoms with Crippen LogP contribution in [0.25, 0.3) is 11.2 Å². The van der Waals surface area contributed by atoms with Gasteiger partial charge in [0.1, 0.15) is 18.6 Å². The minimum Gasteiger partial charge on any atom is -0.506 e. The minimum absolute atomic E-state index is 0.122. The molecule has 0 saturated heterocycles. The SMILES string of the molecule is Cn1cnc2ncn(Cc3nc([C@@]45C[C@H]4[C@H]5c4cccc(Cl)c4O)no3)c(=O)c21. The van der Waals surface area contributed by atoms with E-state index in [-0.39, 0.29) is 29.2 Å². The number of phenolic OH excluding ortho intramolecular Hbond substituents is 1. The third-order valence-electron chi connectivity index (χ3n) is 6.15. The maximum absolute atomic E-state index is 12.7. The third-order valence-corrected chi connectivity index (χ3v) is 6.46. The Kier molecular flexibility index (Phi) is 3.14. The standard InChI is InChI=1S/C19H15ClN6O3/c1-25-7-21-16-14(25)17(28)26(8-22-16)6-12-23-18(24-29-12)19-5-10(19)13(19)9-3-2-4-11(20)15(9)27/h2-4,7-8,10,13,27H,5-6H2,1H3/t10-,13+,19-/m0/s1. The number of phenols is 1. The second-order valence-electron chi connectivity index (χ2n) is 7.72. The summed E-state index contributed by atoms with van der Waals surface area (Å²) in [6, 6.07) is 5.38. The zero-order valence-electron chi connectivity index (χ0n) is 15.3. The van der Waals surface area contributed by atoms with E-state index in [0.29, 0.717) is 33.8 Å². The summed E-state index contributed by atoms with van der Waals surface area (Å²) >= 11 is 6.05. The Morgan fingerprint density at radius 1 is 1.34 bits per heavy atom. The molecule has 6 rings (SSSR count). The molecule has 146 valence electrons. The van der Waals surface area contributed by atoms with E-state index in [4.69, 9.17) is 16.1 Å². The zero-order valence-corrected chi connectivity index (χ0v) is 16.0. The van der Waals surface area contributed by atoms with Crippen LogP contribution < -0.4 is 5.56 Å². The highest BCUT2D eigenvalue weighted by molar-refractivity contribution is 6.32. The van der Waals surface area contributed by atoms with Crippen LogP contribution >= 0.6 is 11.6 Å². The normalized spacial score (nSPS) is 24.6. The number of fused-ring (bicyclic) bond motifs is 2. The highest BCUT2D eigenvalue weighted by atomic mass is 35.5. The Hall–Kier alpha value is -3.20. The van der Waals surface area contributed by atoms with Crippen LogP contribution in [0, 0.1) is 5.92 Å². The summed E-state index contributed by atoms with van der Waals surface area (Å²) in [5.41, 5.74) is 1.24. The fraction of sp³-hybridized carbons (Fsp3) is 0.316. The van der Waals surface area contributed by atoms with Gasteiger partial charge in [0.05, 0.1) is 11.3 Å². The number of aryl methyl sites for hydroxylation is 1. The number of hydrogen-bond acceptors (Lipinski definition) is 7. The number of rotatable bonds is 4. The van der Waals surface area contributed by atoms with Gasteiger partial charge in [-0.05, 0) is 24.0 Å². The van der Waals surface area contributed by atoms with Gasteiger partial charge in [-0.1, -0.05) is 28.9 Å². The molecule has 3 heterocycles. The van der Waals surface area contributed by atoms with E-state index in [2.05, 4.69) is 20.1 Å². The molecule has 4 aromatic rings. The first-order valence-electron chi connectivity index (χ1n) is 9.17. The van der Waals surface area contributed by atoms with Gasteiger partial charge in [-0.25, -0.2) is 9.97 Å². The lowest BCUT2D eigenvalue weighted by atomic mass is 9.96. The van der Waals surface area contributed by atoms with Crippen molar-refractivity contribution in [1.82, 2.24) is 29.2 Å². The van der Waals surface area contributed by atoms with Crippen molar-refractivity contribution in [1.29, 1.82) is 0 Å². The molecule has 0 unspecified atom stereocenters. The van der Waals surface area contributed by atoms with Crippen molar-refractivity contribution in [2.45, 2.75) is 24.3 Å². The van der Waals surface area contributed by atoms with Crippen molar-refractivity contribution in [2.75, 3.05) is 0 Å². The van der Waals surface area contributed by atoms with Crippen LogP contribution in [0.15, 0.2) is 40.2 Å². The molecule has 9 nitrogen and oxygen atoms in total. The summed E-state index contributed by atoms with van der Waals surface area (Å²) in [7, 11) is 1.75. The third kappa shape index (κ3) is 2.19. The number of aromatic hydroxyl groups is 1. The Morgan fingerprint density at radius 2 is 2.17 bits per heavy atom. The topological polar surface area (TPSA) is 112 Å². The zero-order chi connectivity index (χ0) is 19.9. The van der Waals surface area contributed by atoms with Crippen molar-refractivity contribution >= 4 is 22.8 Å². The summed E-state index contributed by atoms with van der Waals surface area (Å²) < 4.78 is 8.49. The predicted octanol–water partition coefficient (Wildman–Crippen LogP) is 1.98. The molecular weight excluding hydrogens is 396 g/mol. The molecule has 3 aromatic heterocycles. The Balaban J connectivity index is 1.29. The quantitative estimate of drug-likeness (QED) is 0.547. The molecule has 29 heavy (non-hydrogen) atoms. The van der Waals surface area contributed by atoms with Gasteiger partial charge in [0.15, 0.2) is 17.0 Å². The lowest BCUT2D eigenvalue weighted by molar-refractivity contribution is 0.362. The molecule has 0 amide bonds. The number of halogens is 1. The fourth-order valence-electron chi connectivity index (χ4n) is 4.42. The average molecular weight is 411 g/mol. The molecular formula is C19H15ClN6O3. The molecule has 0 aliphatic heterocycles. The van der Waals surface area contributed by atoms with Crippen LogP contribution in [0.2, 0.25) is 5.02 Å². The van der Waals surface area contributed by atoms with Crippen LogP contribution in [-0.2, 0) is 19.0 Å². The Morgan fingerprint density at radius 3 is 3.00 bits per heavy atom. The highest BCUT2D eigenvalue weighted by Gasteiger charge is 2.82. The van der Waals surface area contributed by atoms with Crippen LogP contribution in [0.4, 0.5) is 0 Å². The number of para-hydroxylation sites is 1. The summed E-state index contributed by atoms with van der Waals surface area (Å²) in [6.45, 7) is 0.133. The van der Waals surface area contributed by atoms with Gasteiger partial charge >= 0.3 is 0 Å². The largest absolute Gasteiger partial charge is 0.506 e. The summed E-state index contributed by atoms with van der Waals surface area (Å²) in [4.78, 5) is 25.5. The van der Waals surface area contributed by atoms with Crippen molar-refractivity contribution in [2.24, 2.45) is 13.0 Å². The summed E-state index contributed by atoms with van der Waals surface area (Å²) in [5, 5.41) is 14.8. The summed E-state index contributed by atoms with van der Waals surface area (Å²) in [5.74, 6) is 1.60. The van der Waals surface area contributed by atoms with Crippen molar-refractivity contribution in [3.05, 3.63) is 63.5 Å². The van der Waals surface area contributed by atoms with Crippen LogP contribution in [0.1, 0.15) is 29.6 Å². The van der Waals surface area contributed by atoms with E-state index < -0.39 is 0 Å². The first kappa shape index (κ1) is 16.7. The molecule has 0 spiro atoms. The molecule has 2 fully saturated rings. The predicted molar refractivity (Wildman–Crippen MR) is 102 cm³/mol. The lowest BCUT2D eigenvalue weighted by Crippen LogP contribution is -2.22. The Labute approximate surface area is 168 Å². The number of hydrogen-bond donors (Lipinski definition) is 1. The minimum atomic E-state index is -0.217.